The predicted octanol–water partition coefficient (Wildman–Crippen LogP) is 5.54. The number of hydrogen-bond donors (Lipinski definition) is 2. The number of aromatic nitrogens is 3. The summed E-state index contributed by atoms with van der Waals surface area (Å²) in [7, 11) is 0. The van der Waals surface area contributed by atoms with Crippen molar-refractivity contribution in [2.75, 3.05) is 10.6 Å². The number of benzene rings is 3. The van der Waals surface area contributed by atoms with E-state index in [9.17, 15) is 9.18 Å². The second-order valence-corrected chi connectivity index (χ2v) is 8.82. The predicted molar refractivity (Wildman–Crippen MR) is 136 cm³/mol. The Labute approximate surface area is 208 Å². The molecule has 0 bridgehead atoms. The topological polar surface area (TPSA) is 81.1 Å². The van der Waals surface area contributed by atoms with Gasteiger partial charge in [0.1, 0.15) is 30.5 Å². The van der Waals surface area contributed by atoms with Gasteiger partial charge < -0.3 is 15.4 Å². The summed E-state index contributed by atoms with van der Waals surface area (Å²) in [6.45, 7) is 5.96. The summed E-state index contributed by atoms with van der Waals surface area (Å²) < 4.78 is 21.4. The van der Waals surface area contributed by atoms with Gasteiger partial charge in [0.05, 0.1) is 5.57 Å². The number of amides is 1. The van der Waals surface area contributed by atoms with Crippen LogP contribution < -0.4 is 15.4 Å². The van der Waals surface area contributed by atoms with E-state index < -0.39 is 6.04 Å². The van der Waals surface area contributed by atoms with E-state index in [1.807, 2.05) is 63.2 Å². The van der Waals surface area contributed by atoms with E-state index in [0.717, 1.165) is 22.4 Å². The van der Waals surface area contributed by atoms with Gasteiger partial charge in [-0.1, -0.05) is 48.0 Å². The lowest BCUT2D eigenvalue weighted by atomic mass is 9.94. The Morgan fingerprint density at radius 1 is 1.08 bits per heavy atom. The summed E-state index contributed by atoms with van der Waals surface area (Å²) in [6.07, 6.45) is 1.46. The molecule has 1 aliphatic heterocycles. The molecule has 1 amide bonds. The van der Waals surface area contributed by atoms with Crippen LogP contribution in [0.3, 0.4) is 0 Å². The molecule has 5 rings (SSSR count). The van der Waals surface area contributed by atoms with Gasteiger partial charge in [-0.2, -0.15) is 10.1 Å². The van der Waals surface area contributed by atoms with Gasteiger partial charge >= 0.3 is 0 Å². The molecule has 7 nitrogen and oxygen atoms in total. The standard InChI is InChI=1S/C28H26FN5O2/c1-17-8-13-24(18(2)14-17)33-27(35)25-19(3)32-28-30-16-31-34(28)26(25)20-9-11-22(12-10-20)36-15-21-6-4-5-7-23(21)29/h4-14,16,26H,15H2,1-3H3,(H,33,35)(H,30,31,32)/t26-/m1/s1. The SMILES string of the molecule is CC1=C(C(=O)Nc2ccc(C)cc2C)[C@@H](c2ccc(OCc3ccccc3F)cc2)n2ncnc2N1. The number of carbonyl (C=O) groups excluding carboxylic acids is 1. The van der Waals surface area contributed by atoms with E-state index in [1.54, 1.807) is 22.9 Å². The third-order valence-corrected chi connectivity index (χ3v) is 6.22. The molecular weight excluding hydrogens is 457 g/mol. The van der Waals surface area contributed by atoms with Crippen LogP contribution in [0.2, 0.25) is 0 Å². The molecule has 1 aliphatic rings. The number of halogens is 1. The highest BCUT2D eigenvalue weighted by molar-refractivity contribution is 6.06. The van der Waals surface area contributed by atoms with E-state index in [-0.39, 0.29) is 18.3 Å². The molecule has 0 aliphatic carbocycles. The summed E-state index contributed by atoms with van der Waals surface area (Å²) >= 11 is 0. The maximum absolute atomic E-state index is 13.9. The molecule has 4 aromatic rings. The molecule has 182 valence electrons. The summed E-state index contributed by atoms with van der Waals surface area (Å²) in [5.41, 5.74) is 5.42. The first-order chi connectivity index (χ1) is 17.4. The van der Waals surface area contributed by atoms with Gasteiger partial charge in [-0.25, -0.2) is 9.07 Å². The quantitative estimate of drug-likeness (QED) is 0.376. The van der Waals surface area contributed by atoms with Crippen molar-refractivity contribution in [1.29, 1.82) is 0 Å². The van der Waals surface area contributed by atoms with Gasteiger partial charge in [0.25, 0.3) is 5.91 Å². The fourth-order valence-corrected chi connectivity index (χ4v) is 4.36. The Balaban J connectivity index is 1.42. The monoisotopic (exact) mass is 483 g/mol. The number of rotatable bonds is 6. The van der Waals surface area contributed by atoms with Gasteiger partial charge in [0, 0.05) is 16.9 Å². The molecule has 2 N–H and O–H groups in total. The summed E-state index contributed by atoms with van der Waals surface area (Å²) in [5.74, 6) is 0.623. The fraction of sp³-hybridized carbons (Fsp3) is 0.179. The van der Waals surface area contributed by atoms with Crippen molar-refractivity contribution in [1.82, 2.24) is 14.8 Å². The number of anilines is 2. The van der Waals surface area contributed by atoms with Gasteiger partial charge in [-0.05, 0) is 56.2 Å². The molecule has 0 saturated carbocycles. The Bertz CT molecular complexity index is 1460. The first-order valence-electron chi connectivity index (χ1n) is 11.6. The van der Waals surface area contributed by atoms with Crippen LogP contribution in [0.1, 0.15) is 35.2 Å². The maximum Gasteiger partial charge on any atom is 0.255 e. The highest BCUT2D eigenvalue weighted by Crippen LogP contribution is 2.36. The zero-order valence-corrected chi connectivity index (χ0v) is 20.2. The molecule has 0 spiro atoms. The minimum Gasteiger partial charge on any atom is -0.489 e. The number of hydrogen-bond acceptors (Lipinski definition) is 5. The van der Waals surface area contributed by atoms with Crippen LogP contribution in [0.25, 0.3) is 0 Å². The molecule has 2 heterocycles. The van der Waals surface area contributed by atoms with Crippen LogP contribution >= 0.6 is 0 Å². The Kier molecular flexibility index (Phi) is 6.25. The molecular formula is C28H26FN5O2. The van der Waals surface area contributed by atoms with Crippen molar-refractivity contribution in [2.24, 2.45) is 0 Å². The molecule has 1 atom stereocenters. The largest absolute Gasteiger partial charge is 0.489 e. The van der Waals surface area contributed by atoms with Crippen molar-refractivity contribution < 1.29 is 13.9 Å². The number of nitrogens with zero attached hydrogens (tertiary/aromatic N) is 3. The number of fused-ring (bicyclic) bond motifs is 1. The van der Waals surface area contributed by atoms with Gasteiger partial charge in [-0.3, -0.25) is 4.79 Å². The normalized spacial score (nSPS) is 14.7. The lowest BCUT2D eigenvalue weighted by molar-refractivity contribution is -0.113. The molecule has 3 aromatic carbocycles. The Morgan fingerprint density at radius 3 is 2.61 bits per heavy atom. The first kappa shape index (κ1) is 23.3. The zero-order valence-electron chi connectivity index (χ0n) is 20.2. The zero-order chi connectivity index (χ0) is 25.2. The average molecular weight is 484 g/mol. The molecule has 0 radical (unpaired) electrons. The van der Waals surface area contributed by atoms with E-state index in [2.05, 4.69) is 20.7 Å². The van der Waals surface area contributed by atoms with Crippen molar-refractivity contribution >= 4 is 17.5 Å². The third kappa shape index (κ3) is 4.57. The Morgan fingerprint density at radius 2 is 1.86 bits per heavy atom. The maximum atomic E-state index is 13.9. The van der Waals surface area contributed by atoms with E-state index in [1.165, 1.54) is 12.4 Å². The number of allylic oxidation sites excluding steroid dienone is 1. The molecule has 8 heteroatoms. The molecule has 36 heavy (non-hydrogen) atoms. The van der Waals surface area contributed by atoms with Crippen LogP contribution in [0, 0.1) is 19.7 Å². The highest BCUT2D eigenvalue weighted by Gasteiger charge is 2.33. The molecule has 0 saturated heterocycles. The van der Waals surface area contributed by atoms with Crippen LogP contribution in [0.4, 0.5) is 16.0 Å². The number of aryl methyl sites for hydroxylation is 2. The summed E-state index contributed by atoms with van der Waals surface area (Å²) in [5, 5.41) is 10.6. The van der Waals surface area contributed by atoms with E-state index in [0.29, 0.717) is 28.5 Å². The van der Waals surface area contributed by atoms with Crippen molar-refractivity contribution in [3.8, 4) is 5.75 Å². The smallest absolute Gasteiger partial charge is 0.255 e. The minimum atomic E-state index is -0.491. The van der Waals surface area contributed by atoms with E-state index >= 15 is 0 Å². The van der Waals surface area contributed by atoms with E-state index in [4.69, 9.17) is 4.74 Å². The Hall–Kier alpha value is -4.46. The lowest BCUT2D eigenvalue weighted by Crippen LogP contribution is -2.31. The van der Waals surface area contributed by atoms with Crippen LogP contribution in [0.15, 0.2) is 84.3 Å². The van der Waals surface area contributed by atoms with Gasteiger partial charge in [0.2, 0.25) is 5.95 Å². The second kappa shape index (κ2) is 9.65. The van der Waals surface area contributed by atoms with Crippen LogP contribution in [-0.2, 0) is 11.4 Å². The highest BCUT2D eigenvalue weighted by atomic mass is 19.1. The van der Waals surface area contributed by atoms with Gasteiger partial charge in [-0.15, -0.1) is 0 Å². The molecule has 1 aromatic heterocycles. The number of nitrogens with one attached hydrogen (secondary N) is 2. The van der Waals surface area contributed by atoms with Crippen molar-refractivity contribution in [3.63, 3.8) is 0 Å². The van der Waals surface area contributed by atoms with Crippen molar-refractivity contribution in [3.05, 3.63) is 112 Å². The first-order valence-corrected chi connectivity index (χ1v) is 11.6. The average Bonchev–Trinajstić information content (AvgIpc) is 3.33. The summed E-state index contributed by atoms with van der Waals surface area (Å²) in [4.78, 5) is 17.8. The van der Waals surface area contributed by atoms with Crippen LogP contribution in [0.5, 0.6) is 5.75 Å². The number of carbonyl (C=O) groups is 1. The second-order valence-electron chi connectivity index (χ2n) is 8.82. The summed E-state index contributed by atoms with van der Waals surface area (Å²) in [6, 6.07) is 19.3. The third-order valence-electron chi connectivity index (χ3n) is 6.22. The molecule has 0 fully saturated rings. The van der Waals surface area contributed by atoms with Gasteiger partial charge in [0.15, 0.2) is 0 Å². The van der Waals surface area contributed by atoms with Crippen molar-refractivity contribution in [2.45, 2.75) is 33.4 Å². The minimum absolute atomic E-state index is 0.120. The lowest BCUT2D eigenvalue weighted by Gasteiger charge is -2.29. The van der Waals surface area contributed by atoms with Crippen LogP contribution in [-0.4, -0.2) is 20.7 Å². The fourth-order valence-electron chi connectivity index (χ4n) is 4.36. The number of ether oxygens (including phenoxy) is 1. The molecule has 0 unspecified atom stereocenters.